The van der Waals surface area contributed by atoms with Crippen molar-refractivity contribution in [3.8, 4) is 11.5 Å². The first-order chi connectivity index (χ1) is 12.1. The molecule has 0 aliphatic heterocycles. The molecule has 0 saturated heterocycles. The third-order valence-corrected chi connectivity index (χ3v) is 3.56. The van der Waals surface area contributed by atoms with Crippen LogP contribution in [0.15, 0.2) is 42.5 Å². The van der Waals surface area contributed by atoms with Crippen LogP contribution in [0.1, 0.15) is 22.8 Å². The maximum absolute atomic E-state index is 12.3. The Labute approximate surface area is 147 Å². The van der Waals surface area contributed by atoms with Crippen molar-refractivity contribution in [3.05, 3.63) is 53.6 Å². The van der Waals surface area contributed by atoms with Gasteiger partial charge in [-0.05, 0) is 42.8 Å². The van der Waals surface area contributed by atoms with Crippen molar-refractivity contribution in [2.24, 2.45) is 0 Å². The number of nitrogens with one attached hydrogen (secondary N) is 2. The number of rotatable bonds is 7. The van der Waals surface area contributed by atoms with E-state index >= 15 is 0 Å². The Morgan fingerprint density at radius 1 is 1.08 bits per heavy atom. The van der Waals surface area contributed by atoms with E-state index < -0.39 is 0 Å². The first-order valence-electron chi connectivity index (χ1n) is 7.99. The molecule has 0 aliphatic carbocycles. The molecule has 0 atom stereocenters. The molecule has 0 radical (unpaired) electrons. The van der Waals surface area contributed by atoms with Gasteiger partial charge in [-0.25, -0.2) is 0 Å². The van der Waals surface area contributed by atoms with Crippen LogP contribution in [0.2, 0.25) is 0 Å². The zero-order valence-electron chi connectivity index (χ0n) is 14.6. The summed E-state index contributed by atoms with van der Waals surface area (Å²) < 4.78 is 10.6. The normalized spacial score (nSPS) is 10.0. The van der Waals surface area contributed by atoms with Crippen LogP contribution < -0.4 is 20.1 Å². The van der Waals surface area contributed by atoms with E-state index in [0.717, 1.165) is 11.3 Å². The van der Waals surface area contributed by atoms with Gasteiger partial charge < -0.3 is 20.1 Å². The molecule has 0 aliphatic rings. The number of ether oxygens (including phenoxy) is 2. The second kappa shape index (κ2) is 8.73. The molecule has 25 heavy (non-hydrogen) atoms. The molecular formula is C19H22N2O4. The highest BCUT2D eigenvalue weighted by molar-refractivity contribution is 5.97. The summed E-state index contributed by atoms with van der Waals surface area (Å²) in [5, 5.41) is 5.35. The number of carbonyl (C=O) groups excluding carboxylic acids is 2. The van der Waals surface area contributed by atoms with Crippen LogP contribution in [0.25, 0.3) is 0 Å². The minimum Gasteiger partial charge on any atom is -0.495 e. The molecule has 0 saturated carbocycles. The first-order valence-corrected chi connectivity index (χ1v) is 7.99. The maximum Gasteiger partial charge on any atom is 0.251 e. The lowest BCUT2D eigenvalue weighted by Crippen LogP contribution is -2.18. The molecule has 132 valence electrons. The molecule has 6 nitrogen and oxygen atoms in total. The van der Waals surface area contributed by atoms with E-state index in [1.807, 2.05) is 31.2 Å². The largest absolute Gasteiger partial charge is 0.495 e. The van der Waals surface area contributed by atoms with Gasteiger partial charge in [-0.15, -0.1) is 0 Å². The van der Waals surface area contributed by atoms with Crippen molar-refractivity contribution in [3.63, 3.8) is 0 Å². The van der Waals surface area contributed by atoms with Gasteiger partial charge in [0.05, 0.1) is 25.8 Å². The topological polar surface area (TPSA) is 76.7 Å². The quantitative estimate of drug-likeness (QED) is 0.811. The van der Waals surface area contributed by atoms with E-state index in [1.165, 1.54) is 7.11 Å². The predicted molar refractivity (Wildman–Crippen MR) is 96.3 cm³/mol. The van der Waals surface area contributed by atoms with Gasteiger partial charge in [-0.2, -0.15) is 0 Å². The SMILES string of the molecule is CCOc1ccc(CC(=O)Nc2ccc(C(=O)NC)cc2OC)cc1. The highest BCUT2D eigenvalue weighted by Gasteiger charge is 2.12. The van der Waals surface area contributed by atoms with Crippen molar-refractivity contribution < 1.29 is 19.1 Å². The van der Waals surface area contributed by atoms with E-state index in [0.29, 0.717) is 23.6 Å². The summed E-state index contributed by atoms with van der Waals surface area (Å²) in [7, 11) is 3.05. The van der Waals surface area contributed by atoms with Crippen molar-refractivity contribution in [1.29, 1.82) is 0 Å². The number of anilines is 1. The molecule has 2 N–H and O–H groups in total. The van der Waals surface area contributed by atoms with Crippen LogP contribution in [-0.4, -0.2) is 32.6 Å². The molecule has 2 aromatic carbocycles. The molecule has 0 aromatic heterocycles. The Morgan fingerprint density at radius 3 is 2.40 bits per heavy atom. The van der Waals surface area contributed by atoms with Gasteiger partial charge in [0, 0.05) is 12.6 Å². The number of amides is 2. The van der Waals surface area contributed by atoms with Gasteiger partial charge in [0.15, 0.2) is 0 Å². The fourth-order valence-electron chi connectivity index (χ4n) is 2.33. The maximum atomic E-state index is 12.3. The molecule has 2 aromatic rings. The standard InChI is InChI=1S/C19H22N2O4/c1-4-25-15-8-5-13(6-9-15)11-18(22)21-16-10-7-14(19(23)20-2)12-17(16)24-3/h5-10,12H,4,11H2,1-3H3,(H,20,23)(H,21,22). The van der Waals surface area contributed by atoms with Gasteiger partial charge in [-0.1, -0.05) is 12.1 Å². The third-order valence-electron chi connectivity index (χ3n) is 3.56. The van der Waals surface area contributed by atoms with Crippen LogP contribution >= 0.6 is 0 Å². The summed E-state index contributed by atoms with van der Waals surface area (Å²) in [5.41, 5.74) is 1.86. The number of hydrogen-bond donors (Lipinski definition) is 2. The predicted octanol–water partition coefficient (Wildman–Crippen LogP) is 2.63. The summed E-state index contributed by atoms with van der Waals surface area (Å²) in [6, 6.07) is 12.3. The molecule has 0 spiro atoms. The Morgan fingerprint density at radius 2 is 1.80 bits per heavy atom. The molecular weight excluding hydrogens is 320 g/mol. The Hall–Kier alpha value is -3.02. The molecule has 0 fully saturated rings. The highest BCUT2D eigenvalue weighted by atomic mass is 16.5. The average Bonchev–Trinajstić information content (AvgIpc) is 2.63. The van der Waals surface area contributed by atoms with Crippen LogP contribution in [0.5, 0.6) is 11.5 Å². The van der Waals surface area contributed by atoms with E-state index in [-0.39, 0.29) is 18.2 Å². The van der Waals surface area contributed by atoms with E-state index in [9.17, 15) is 9.59 Å². The second-order valence-electron chi connectivity index (χ2n) is 5.30. The fourth-order valence-corrected chi connectivity index (χ4v) is 2.33. The van der Waals surface area contributed by atoms with Gasteiger partial charge in [0.1, 0.15) is 11.5 Å². The van der Waals surface area contributed by atoms with Crippen molar-refractivity contribution >= 4 is 17.5 Å². The fraction of sp³-hybridized carbons (Fsp3) is 0.263. The molecule has 0 heterocycles. The first kappa shape index (κ1) is 18.3. The summed E-state index contributed by atoms with van der Waals surface area (Å²) in [6.07, 6.45) is 0.229. The third kappa shape index (κ3) is 4.97. The van der Waals surface area contributed by atoms with Crippen LogP contribution in [0.3, 0.4) is 0 Å². The van der Waals surface area contributed by atoms with Crippen LogP contribution in [0, 0.1) is 0 Å². The summed E-state index contributed by atoms with van der Waals surface area (Å²) in [4.78, 5) is 23.9. The number of methoxy groups -OCH3 is 1. The monoisotopic (exact) mass is 342 g/mol. The van der Waals surface area contributed by atoms with Gasteiger partial charge >= 0.3 is 0 Å². The molecule has 2 amide bonds. The van der Waals surface area contributed by atoms with Crippen LogP contribution in [-0.2, 0) is 11.2 Å². The van der Waals surface area contributed by atoms with Gasteiger partial charge in [-0.3, -0.25) is 9.59 Å². The van der Waals surface area contributed by atoms with Gasteiger partial charge in [0.25, 0.3) is 5.91 Å². The lowest BCUT2D eigenvalue weighted by molar-refractivity contribution is -0.115. The van der Waals surface area contributed by atoms with Crippen LogP contribution in [0.4, 0.5) is 5.69 Å². The Balaban J connectivity index is 2.05. The zero-order valence-corrected chi connectivity index (χ0v) is 14.6. The lowest BCUT2D eigenvalue weighted by atomic mass is 10.1. The van der Waals surface area contributed by atoms with Crippen molar-refractivity contribution in [2.45, 2.75) is 13.3 Å². The number of carbonyl (C=O) groups is 2. The Kier molecular flexibility index (Phi) is 6.39. The van der Waals surface area contributed by atoms with Crippen molar-refractivity contribution in [2.75, 3.05) is 26.1 Å². The molecule has 0 bridgehead atoms. The molecule has 0 unspecified atom stereocenters. The van der Waals surface area contributed by atoms with Gasteiger partial charge in [0.2, 0.25) is 5.91 Å². The smallest absolute Gasteiger partial charge is 0.251 e. The number of hydrogen-bond acceptors (Lipinski definition) is 4. The average molecular weight is 342 g/mol. The van der Waals surface area contributed by atoms with E-state index in [2.05, 4.69) is 10.6 Å². The summed E-state index contributed by atoms with van der Waals surface area (Å²) >= 11 is 0. The highest BCUT2D eigenvalue weighted by Crippen LogP contribution is 2.26. The minimum absolute atomic E-state index is 0.171. The summed E-state index contributed by atoms with van der Waals surface area (Å²) in [6.45, 7) is 2.52. The van der Waals surface area contributed by atoms with Crippen molar-refractivity contribution in [1.82, 2.24) is 5.32 Å². The lowest BCUT2D eigenvalue weighted by Gasteiger charge is -2.12. The second-order valence-corrected chi connectivity index (χ2v) is 5.30. The molecule has 2 rings (SSSR count). The summed E-state index contributed by atoms with van der Waals surface area (Å²) in [5.74, 6) is 0.819. The van der Waals surface area contributed by atoms with E-state index in [1.54, 1.807) is 25.2 Å². The molecule has 6 heteroatoms. The Bertz CT molecular complexity index is 742. The number of benzene rings is 2. The minimum atomic E-state index is -0.217. The van der Waals surface area contributed by atoms with E-state index in [4.69, 9.17) is 9.47 Å². The zero-order chi connectivity index (χ0) is 18.2.